The minimum atomic E-state index is 0.122. The van der Waals surface area contributed by atoms with Gasteiger partial charge in [0.1, 0.15) is 0 Å². The summed E-state index contributed by atoms with van der Waals surface area (Å²) in [6.07, 6.45) is 3.93. The molecular weight excluding hydrogens is 326 g/mol. The molecule has 0 spiro atoms. The molecule has 116 valence electrons. The van der Waals surface area contributed by atoms with Crippen molar-refractivity contribution in [2.75, 3.05) is 20.1 Å². The number of likely N-dealkylation sites (tertiary alicyclic amines) is 1. The molecule has 3 rings (SSSR count). The first-order valence-corrected chi connectivity index (χ1v) is 8.75. The smallest absolute Gasteiger partial charge is 0.0473 e. The number of nitrogens with zero attached hydrogens (tertiary/aromatic N) is 2. The lowest BCUT2D eigenvalue weighted by Gasteiger charge is -2.38. The Hall–Kier alpha value is -0.420. The zero-order valence-corrected chi connectivity index (χ0v) is 14.6. The number of hydrogen-bond donors (Lipinski definition) is 1. The van der Waals surface area contributed by atoms with Crippen molar-refractivity contribution in [1.29, 1.82) is 0 Å². The summed E-state index contributed by atoms with van der Waals surface area (Å²) in [4.78, 5) is 5.16. The summed E-state index contributed by atoms with van der Waals surface area (Å²) in [5, 5.41) is 0. The van der Waals surface area contributed by atoms with E-state index in [0.29, 0.717) is 6.04 Å². The first-order chi connectivity index (χ1) is 10.1. The molecule has 4 heteroatoms. The van der Waals surface area contributed by atoms with E-state index in [1.54, 1.807) is 0 Å². The van der Waals surface area contributed by atoms with Crippen LogP contribution in [0.5, 0.6) is 0 Å². The number of hydrogen-bond acceptors (Lipinski definition) is 3. The van der Waals surface area contributed by atoms with Gasteiger partial charge in [-0.05, 0) is 44.9 Å². The van der Waals surface area contributed by atoms with Crippen molar-refractivity contribution in [2.24, 2.45) is 5.73 Å². The molecule has 2 aliphatic rings. The minimum Gasteiger partial charge on any atom is -0.329 e. The van der Waals surface area contributed by atoms with Gasteiger partial charge < -0.3 is 5.73 Å². The number of benzene rings is 1. The van der Waals surface area contributed by atoms with Gasteiger partial charge in [0.05, 0.1) is 0 Å². The van der Waals surface area contributed by atoms with Crippen LogP contribution in [-0.2, 0) is 6.54 Å². The van der Waals surface area contributed by atoms with E-state index in [1.807, 2.05) is 0 Å². The van der Waals surface area contributed by atoms with E-state index in [2.05, 4.69) is 64.0 Å². The lowest BCUT2D eigenvalue weighted by molar-refractivity contribution is 0.120. The molecule has 1 aromatic carbocycles. The second-order valence-corrected chi connectivity index (χ2v) is 7.69. The Morgan fingerprint density at radius 1 is 1.38 bits per heavy atom. The standard InChI is InChI=1S/C17H26BrN3/c1-13-9-17(11-19,12-21(13)15-7-8-15)20(2)10-14-5-3-4-6-16(14)18/h3-6,13,15H,7-12,19H2,1-2H3. The van der Waals surface area contributed by atoms with Gasteiger partial charge in [0.2, 0.25) is 0 Å². The third kappa shape index (κ3) is 3.04. The Labute approximate surface area is 136 Å². The second-order valence-electron chi connectivity index (χ2n) is 6.83. The van der Waals surface area contributed by atoms with Gasteiger partial charge in [-0.15, -0.1) is 0 Å². The molecule has 1 saturated heterocycles. The van der Waals surface area contributed by atoms with Crippen LogP contribution < -0.4 is 5.73 Å². The van der Waals surface area contributed by atoms with Gasteiger partial charge in [-0.25, -0.2) is 0 Å². The highest BCUT2D eigenvalue weighted by molar-refractivity contribution is 9.10. The molecule has 2 atom stereocenters. The monoisotopic (exact) mass is 351 g/mol. The Morgan fingerprint density at radius 2 is 2.10 bits per heavy atom. The van der Waals surface area contributed by atoms with Crippen LogP contribution in [0, 0.1) is 0 Å². The summed E-state index contributed by atoms with van der Waals surface area (Å²) < 4.78 is 1.19. The first kappa shape index (κ1) is 15.5. The fourth-order valence-corrected chi connectivity index (χ4v) is 4.16. The Kier molecular flexibility index (Phi) is 4.42. The van der Waals surface area contributed by atoms with Crippen molar-refractivity contribution >= 4 is 15.9 Å². The molecule has 2 unspecified atom stereocenters. The van der Waals surface area contributed by atoms with E-state index in [-0.39, 0.29) is 5.54 Å². The average molecular weight is 352 g/mol. The number of likely N-dealkylation sites (N-methyl/N-ethyl adjacent to an activating group) is 1. The maximum Gasteiger partial charge on any atom is 0.0473 e. The Balaban J connectivity index is 1.75. The molecule has 1 saturated carbocycles. The third-order valence-corrected chi connectivity index (χ3v) is 6.06. The normalized spacial score (nSPS) is 30.2. The molecule has 1 aromatic rings. The minimum absolute atomic E-state index is 0.122. The van der Waals surface area contributed by atoms with Crippen molar-refractivity contribution in [1.82, 2.24) is 9.80 Å². The molecular formula is C17H26BrN3. The van der Waals surface area contributed by atoms with E-state index >= 15 is 0 Å². The van der Waals surface area contributed by atoms with Crippen LogP contribution in [0.25, 0.3) is 0 Å². The summed E-state index contributed by atoms with van der Waals surface area (Å²) in [6.45, 7) is 5.17. The maximum atomic E-state index is 6.23. The van der Waals surface area contributed by atoms with Crippen molar-refractivity contribution < 1.29 is 0 Å². The highest BCUT2D eigenvalue weighted by atomic mass is 79.9. The van der Waals surface area contributed by atoms with Gasteiger partial charge in [0, 0.05) is 41.7 Å². The van der Waals surface area contributed by atoms with Crippen LogP contribution in [0.4, 0.5) is 0 Å². The fraction of sp³-hybridized carbons (Fsp3) is 0.647. The van der Waals surface area contributed by atoms with Crippen molar-refractivity contribution in [3.05, 3.63) is 34.3 Å². The van der Waals surface area contributed by atoms with Crippen molar-refractivity contribution in [3.63, 3.8) is 0 Å². The summed E-state index contributed by atoms with van der Waals surface area (Å²) >= 11 is 3.66. The fourth-order valence-electron chi connectivity index (χ4n) is 3.75. The molecule has 0 radical (unpaired) electrons. The van der Waals surface area contributed by atoms with E-state index in [1.165, 1.54) is 29.3 Å². The average Bonchev–Trinajstić information content (AvgIpc) is 3.25. The topological polar surface area (TPSA) is 32.5 Å². The lowest BCUT2D eigenvalue weighted by atomic mass is 9.94. The van der Waals surface area contributed by atoms with E-state index in [0.717, 1.165) is 25.7 Å². The predicted molar refractivity (Wildman–Crippen MR) is 91.2 cm³/mol. The molecule has 3 nitrogen and oxygen atoms in total. The molecule has 1 aliphatic heterocycles. The lowest BCUT2D eigenvalue weighted by Crippen LogP contribution is -2.53. The quantitative estimate of drug-likeness (QED) is 0.885. The number of rotatable bonds is 5. The summed E-state index contributed by atoms with van der Waals surface area (Å²) in [5.41, 5.74) is 7.69. The van der Waals surface area contributed by atoms with Crippen LogP contribution in [0.2, 0.25) is 0 Å². The van der Waals surface area contributed by atoms with Crippen LogP contribution >= 0.6 is 15.9 Å². The van der Waals surface area contributed by atoms with Crippen molar-refractivity contribution in [3.8, 4) is 0 Å². The van der Waals surface area contributed by atoms with Crippen LogP contribution in [0.3, 0.4) is 0 Å². The SMILES string of the molecule is CC1CC(CN)(N(C)Cc2ccccc2Br)CN1C1CC1. The van der Waals surface area contributed by atoms with Gasteiger partial charge in [-0.1, -0.05) is 34.1 Å². The van der Waals surface area contributed by atoms with Gasteiger partial charge >= 0.3 is 0 Å². The Morgan fingerprint density at radius 3 is 2.71 bits per heavy atom. The highest BCUT2D eigenvalue weighted by Gasteiger charge is 2.48. The van der Waals surface area contributed by atoms with Gasteiger partial charge in [0.15, 0.2) is 0 Å². The molecule has 2 N–H and O–H groups in total. The van der Waals surface area contributed by atoms with E-state index < -0.39 is 0 Å². The van der Waals surface area contributed by atoms with E-state index in [4.69, 9.17) is 5.73 Å². The first-order valence-electron chi connectivity index (χ1n) is 7.96. The van der Waals surface area contributed by atoms with Crippen LogP contribution in [0.15, 0.2) is 28.7 Å². The second kappa shape index (κ2) is 5.99. The Bertz CT molecular complexity index is 503. The number of halogens is 1. The van der Waals surface area contributed by atoms with E-state index in [9.17, 15) is 0 Å². The molecule has 1 heterocycles. The molecule has 0 amide bonds. The maximum absolute atomic E-state index is 6.23. The predicted octanol–water partition coefficient (Wildman–Crippen LogP) is 2.84. The number of nitrogens with two attached hydrogens (primary N) is 1. The zero-order chi connectivity index (χ0) is 15.0. The van der Waals surface area contributed by atoms with Crippen LogP contribution in [0.1, 0.15) is 31.7 Å². The largest absolute Gasteiger partial charge is 0.329 e. The molecule has 0 bridgehead atoms. The molecule has 21 heavy (non-hydrogen) atoms. The molecule has 0 aromatic heterocycles. The van der Waals surface area contributed by atoms with Gasteiger partial charge in [-0.3, -0.25) is 9.80 Å². The van der Waals surface area contributed by atoms with Gasteiger partial charge in [0.25, 0.3) is 0 Å². The molecule has 2 fully saturated rings. The zero-order valence-electron chi connectivity index (χ0n) is 13.1. The summed E-state index contributed by atoms with van der Waals surface area (Å²) in [6, 6.07) is 9.97. The summed E-state index contributed by atoms with van der Waals surface area (Å²) in [5.74, 6) is 0. The summed E-state index contributed by atoms with van der Waals surface area (Å²) in [7, 11) is 2.23. The van der Waals surface area contributed by atoms with Gasteiger partial charge in [-0.2, -0.15) is 0 Å². The van der Waals surface area contributed by atoms with Crippen LogP contribution in [-0.4, -0.2) is 47.6 Å². The third-order valence-electron chi connectivity index (χ3n) is 5.29. The molecule has 1 aliphatic carbocycles. The van der Waals surface area contributed by atoms with Crippen molar-refractivity contribution in [2.45, 2.75) is 50.4 Å². The highest BCUT2D eigenvalue weighted by Crippen LogP contribution is 2.39.